The Balaban J connectivity index is 1.03. The van der Waals surface area contributed by atoms with Crippen molar-refractivity contribution in [2.24, 2.45) is 0 Å². The van der Waals surface area contributed by atoms with Crippen molar-refractivity contribution < 1.29 is 9.15 Å². The number of fused-ring (bicyclic) bond motifs is 7. The van der Waals surface area contributed by atoms with Gasteiger partial charge in [0, 0.05) is 16.6 Å². The largest absolute Gasteiger partial charge is 0.457 e. The van der Waals surface area contributed by atoms with Gasteiger partial charge in [0.15, 0.2) is 5.58 Å². The van der Waals surface area contributed by atoms with Crippen LogP contribution in [0.3, 0.4) is 0 Å². The van der Waals surface area contributed by atoms with E-state index in [2.05, 4.69) is 234 Å². The molecule has 13 rings (SSSR count). The van der Waals surface area contributed by atoms with Crippen molar-refractivity contribution in [1.82, 2.24) is 29.1 Å². The molecule has 0 amide bonds. The number of pyridine rings is 2. The number of furan rings is 1. The summed E-state index contributed by atoms with van der Waals surface area (Å²) in [6.45, 7) is 22.3. The maximum absolute atomic E-state index is 7.22. The molecule has 5 aromatic heterocycles. The number of imidazole rings is 2. The van der Waals surface area contributed by atoms with Crippen LogP contribution in [-0.2, 0) is 0 Å². The Morgan fingerprint density at radius 3 is 1.44 bits per heavy atom. The molecule has 13 aromatic rings. The van der Waals surface area contributed by atoms with E-state index in [1.54, 1.807) is 0 Å². The molecule has 394 valence electrons. The first-order valence-electron chi connectivity index (χ1n) is 28.1. The molecule has 8 heteroatoms. The molecule has 0 bridgehead atoms. The first-order valence-corrected chi connectivity index (χ1v) is 28.1. The van der Waals surface area contributed by atoms with E-state index < -0.39 is 0 Å². The molecule has 0 atom stereocenters. The summed E-state index contributed by atoms with van der Waals surface area (Å²) in [5, 5.41) is 1.73. The highest BCUT2D eigenvalue weighted by Gasteiger charge is 2.29. The van der Waals surface area contributed by atoms with E-state index in [1.807, 2.05) is 26.0 Å². The summed E-state index contributed by atoms with van der Waals surface area (Å²) in [6.07, 6.45) is 0. The van der Waals surface area contributed by atoms with Crippen LogP contribution in [0.4, 0.5) is 0 Å². The summed E-state index contributed by atoms with van der Waals surface area (Å²) in [7, 11) is 0. The molecule has 0 N–H and O–H groups in total. The molecule has 0 saturated carbocycles. The van der Waals surface area contributed by atoms with Gasteiger partial charge in [0.2, 0.25) is 0 Å². The number of para-hydroxylation sites is 4. The van der Waals surface area contributed by atoms with Gasteiger partial charge in [-0.1, -0.05) is 152 Å². The third-order valence-electron chi connectivity index (χ3n) is 15.8. The van der Waals surface area contributed by atoms with Crippen LogP contribution in [-0.4, -0.2) is 29.1 Å². The monoisotopic (exact) mass is 1040 g/mol. The molecule has 5 heterocycles. The van der Waals surface area contributed by atoms with Crippen LogP contribution in [0.1, 0.15) is 113 Å². The number of aromatic nitrogens is 6. The summed E-state index contributed by atoms with van der Waals surface area (Å²) < 4.78 is 19.2. The van der Waals surface area contributed by atoms with Gasteiger partial charge >= 0.3 is 0 Å². The van der Waals surface area contributed by atoms with Gasteiger partial charge in [-0.05, 0) is 167 Å². The molecule has 0 aliphatic rings. The Kier molecular flexibility index (Phi) is 12.6. The number of hydrogen-bond donors (Lipinski definition) is 0. The number of aryl methyl sites for hydroxylation is 2. The lowest BCUT2D eigenvalue weighted by molar-refractivity contribution is 0.483. The topological polar surface area (TPSA) is 83.8 Å². The van der Waals surface area contributed by atoms with Crippen molar-refractivity contribution in [3.8, 4) is 67.9 Å². The molecular formula is C72H64N6O2. The lowest BCUT2D eigenvalue weighted by atomic mass is 9.88. The van der Waals surface area contributed by atoms with Crippen molar-refractivity contribution in [2.45, 2.75) is 92.9 Å². The van der Waals surface area contributed by atoms with Gasteiger partial charge in [-0.25, -0.2) is 15.0 Å². The van der Waals surface area contributed by atoms with Crippen LogP contribution >= 0.6 is 0 Å². The molecule has 0 aliphatic heterocycles. The normalized spacial score (nSPS) is 12.1. The molecule has 0 fully saturated rings. The van der Waals surface area contributed by atoms with Gasteiger partial charge in [0.05, 0.1) is 55.6 Å². The summed E-state index contributed by atoms with van der Waals surface area (Å²) in [4.78, 5) is 21.3. The first-order chi connectivity index (χ1) is 38.8. The lowest BCUT2D eigenvalue weighted by Crippen LogP contribution is -2.09. The molecule has 0 unspecified atom stereocenters. The van der Waals surface area contributed by atoms with E-state index in [9.17, 15) is 0 Å². The third-order valence-corrected chi connectivity index (χ3v) is 15.8. The predicted molar refractivity (Wildman–Crippen MR) is 330 cm³/mol. The standard InChI is InChI=1S/C72H64N6O2/c1-41(2)55-35-50(47-22-13-11-14-23-47)36-56(42(3)4)67(55)77-63-30-19-17-28-61(63)75-71(77)49-26-21-27-52(34-49)79-53-39-59-66-70(54-33-32-45(9)73-65(54)46(10)74-66)80-69(59)60(40-53)72-76-62-29-18-20-31-64(62)78(72)68-57(43(5)6)37-51(38-58(68)44(7)8)48-24-15-12-16-25-48/h11-44H,1-10H3. The van der Waals surface area contributed by atoms with E-state index in [0.29, 0.717) is 22.7 Å². The second-order valence-electron chi connectivity index (χ2n) is 22.7. The zero-order valence-corrected chi connectivity index (χ0v) is 47.1. The Hall–Kier alpha value is -9.14. The number of rotatable bonds is 12. The molecule has 80 heavy (non-hydrogen) atoms. The molecule has 0 radical (unpaired) electrons. The zero-order valence-electron chi connectivity index (χ0n) is 47.1. The van der Waals surface area contributed by atoms with E-state index in [1.165, 1.54) is 50.2 Å². The van der Waals surface area contributed by atoms with E-state index in [0.717, 1.165) is 83.7 Å². The minimum atomic E-state index is 0.179. The first kappa shape index (κ1) is 50.4. The fraction of sp³-hybridized carbons (Fsp3) is 0.194. The van der Waals surface area contributed by atoms with Crippen LogP contribution in [0.2, 0.25) is 0 Å². The number of benzene rings is 8. The fourth-order valence-electron chi connectivity index (χ4n) is 11.9. The summed E-state index contributed by atoms with van der Waals surface area (Å²) in [6, 6.07) is 64.5. The van der Waals surface area contributed by atoms with Crippen molar-refractivity contribution >= 4 is 55.0 Å². The minimum Gasteiger partial charge on any atom is -0.457 e. The van der Waals surface area contributed by atoms with E-state index in [-0.39, 0.29) is 23.7 Å². The van der Waals surface area contributed by atoms with Crippen molar-refractivity contribution in [3.63, 3.8) is 0 Å². The number of nitrogens with zero attached hydrogens (tertiary/aromatic N) is 6. The molecule has 0 saturated heterocycles. The van der Waals surface area contributed by atoms with Crippen LogP contribution in [0.5, 0.6) is 11.5 Å². The second kappa shape index (κ2) is 19.9. The zero-order chi connectivity index (χ0) is 55.1. The number of hydrogen-bond acceptors (Lipinski definition) is 6. The molecular weight excluding hydrogens is 981 g/mol. The van der Waals surface area contributed by atoms with Crippen LogP contribution < -0.4 is 4.74 Å². The minimum absolute atomic E-state index is 0.179. The van der Waals surface area contributed by atoms with Gasteiger partial charge in [-0.15, -0.1) is 0 Å². The molecule has 8 nitrogen and oxygen atoms in total. The average Bonchev–Trinajstić information content (AvgIpc) is 4.21. The summed E-state index contributed by atoms with van der Waals surface area (Å²) in [5.74, 6) is 3.68. The Labute approximate surface area is 467 Å². The Bertz CT molecular complexity index is 4480. The van der Waals surface area contributed by atoms with Crippen LogP contribution in [0.25, 0.3) is 111 Å². The number of ether oxygens (including phenoxy) is 1. The Morgan fingerprint density at radius 2 is 0.887 bits per heavy atom. The average molecular weight is 1050 g/mol. The van der Waals surface area contributed by atoms with Gasteiger partial charge in [-0.2, -0.15) is 0 Å². The molecule has 0 aliphatic carbocycles. The SMILES string of the molecule is Cc1ccc2c(n1)c(C)nc1c3cc(Oc4cccc(-c5nc6ccccc6n5-c5c(C(C)C)cc(-c6ccccc6)cc5C(C)C)c4)cc(-c4nc5ccccc5n4-c4c(C(C)C)cc(-c5ccccc5)cc4C(C)C)c3oc21. The maximum atomic E-state index is 7.22. The molecule has 8 aromatic carbocycles. The van der Waals surface area contributed by atoms with Crippen molar-refractivity contribution in [2.75, 3.05) is 0 Å². The highest BCUT2D eigenvalue weighted by molar-refractivity contribution is 6.15. The highest BCUT2D eigenvalue weighted by atomic mass is 16.5. The summed E-state index contributed by atoms with van der Waals surface area (Å²) >= 11 is 0. The Morgan fingerprint density at radius 1 is 0.388 bits per heavy atom. The van der Waals surface area contributed by atoms with Crippen molar-refractivity contribution in [3.05, 3.63) is 216 Å². The van der Waals surface area contributed by atoms with Crippen molar-refractivity contribution in [1.29, 1.82) is 0 Å². The van der Waals surface area contributed by atoms with Gasteiger partial charge < -0.3 is 9.15 Å². The summed E-state index contributed by atoms with van der Waals surface area (Å²) in [5.41, 5.74) is 22.3. The smallest absolute Gasteiger partial charge is 0.163 e. The van der Waals surface area contributed by atoms with Crippen LogP contribution in [0.15, 0.2) is 186 Å². The predicted octanol–water partition coefficient (Wildman–Crippen LogP) is 19.8. The van der Waals surface area contributed by atoms with Gasteiger partial charge in [0.25, 0.3) is 0 Å². The highest BCUT2D eigenvalue weighted by Crippen LogP contribution is 2.47. The second-order valence-corrected chi connectivity index (χ2v) is 22.7. The van der Waals surface area contributed by atoms with Gasteiger partial charge in [0.1, 0.15) is 34.2 Å². The van der Waals surface area contributed by atoms with Gasteiger partial charge in [-0.3, -0.25) is 14.1 Å². The molecule has 0 spiro atoms. The third kappa shape index (κ3) is 8.61. The lowest BCUT2D eigenvalue weighted by Gasteiger charge is -2.24. The van der Waals surface area contributed by atoms with Crippen LogP contribution in [0, 0.1) is 13.8 Å². The maximum Gasteiger partial charge on any atom is 0.163 e. The quantitative estimate of drug-likeness (QED) is 0.121. The fourth-order valence-corrected chi connectivity index (χ4v) is 11.9. The van der Waals surface area contributed by atoms with E-state index in [4.69, 9.17) is 29.1 Å². The van der Waals surface area contributed by atoms with E-state index >= 15 is 0 Å².